The lowest BCUT2D eigenvalue weighted by Gasteiger charge is -2.13. The van der Waals surface area contributed by atoms with Crippen molar-refractivity contribution in [2.75, 3.05) is 7.11 Å². The van der Waals surface area contributed by atoms with Crippen LogP contribution in [0.1, 0.15) is 11.3 Å². The van der Waals surface area contributed by atoms with E-state index in [4.69, 9.17) is 0 Å². The maximum absolute atomic E-state index is 12.3. The van der Waals surface area contributed by atoms with E-state index in [0.29, 0.717) is 9.26 Å². The molecule has 0 saturated heterocycles. The van der Waals surface area contributed by atoms with Gasteiger partial charge in [-0.25, -0.2) is 4.98 Å². The van der Waals surface area contributed by atoms with Gasteiger partial charge in [-0.2, -0.15) is 0 Å². The van der Waals surface area contributed by atoms with Crippen LogP contribution in [0, 0.1) is 3.70 Å². The third-order valence-electron chi connectivity index (χ3n) is 2.00. The average Bonchev–Trinajstić information content (AvgIpc) is 2.30. The Balaban J connectivity index is 3.14. The number of aromatic nitrogens is 1. The van der Waals surface area contributed by atoms with Crippen LogP contribution in [0.2, 0.25) is 0 Å². The number of hydrogen-bond acceptors (Lipinski definition) is 4. The molecule has 106 valence electrons. The van der Waals surface area contributed by atoms with Gasteiger partial charge in [0.05, 0.1) is 19.2 Å². The van der Waals surface area contributed by atoms with Gasteiger partial charge in [-0.3, -0.25) is 4.79 Å². The zero-order valence-corrected chi connectivity index (χ0v) is 13.3. The van der Waals surface area contributed by atoms with E-state index in [9.17, 15) is 18.0 Å². The number of pyridine rings is 1. The first kappa shape index (κ1) is 16.5. The lowest BCUT2D eigenvalue weighted by atomic mass is 10.2. The number of carbonyl (C=O) groups excluding carboxylic acids is 1. The highest BCUT2D eigenvalue weighted by Crippen LogP contribution is 2.29. The van der Waals surface area contributed by atoms with Crippen LogP contribution in [0.15, 0.2) is 6.07 Å². The molecular formula is C10H8BrF3INO3. The van der Waals surface area contributed by atoms with Crippen molar-refractivity contribution in [3.8, 4) is 5.75 Å². The van der Waals surface area contributed by atoms with E-state index in [1.165, 1.54) is 7.11 Å². The summed E-state index contributed by atoms with van der Waals surface area (Å²) in [6.45, 7) is 0. The third kappa shape index (κ3) is 5.13. The molecular weight excluding hydrogens is 446 g/mol. The molecule has 1 heterocycles. The SMILES string of the molecule is COC(=O)Cc1cc(OC(F)(F)F)c(CBr)nc1I. The Kier molecular flexibility index (Phi) is 5.83. The summed E-state index contributed by atoms with van der Waals surface area (Å²) >= 11 is 4.87. The van der Waals surface area contributed by atoms with Gasteiger partial charge in [-0.15, -0.1) is 13.2 Å². The summed E-state index contributed by atoms with van der Waals surface area (Å²) in [6.07, 6.45) is -4.98. The first-order valence-electron chi connectivity index (χ1n) is 4.83. The topological polar surface area (TPSA) is 48.4 Å². The number of esters is 1. The van der Waals surface area contributed by atoms with Crippen molar-refractivity contribution in [1.29, 1.82) is 0 Å². The predicted octanol–water partition coefficient (Wildman–Crippen LogP) is 3.20. The summed E-state index contributed by atoms with van der Waals surface area (Å²) in [5, 5.41) is 0.104. The fraction of sp³-hybridized carbons (Fsp3) is 0.400. The number of halogens is 5. The van der Waals surface area contributed by atoms with Gasteiger partial charge in [0, 0.05) is 5.33 Å². The summed E-state index contributed by atoms with van der Waals surface area (Å²) in [5.41, 5.74) is 0.423. The quantitative estimate of drug-likeness (QED) is 0.304. The molecule has 9 heteroatoms. The van der Waals surface area contributed by atoms with Crippen molar-refractivity contribution >= 4 is 44.5 Å². The Labute approximate surface area is 128 Å². The highest BCUT2D eigenvalue weighted by Gasteiger charge is 2.32. The van der Waals surface area contributed by atoms with Gasteiger partial charge in [0.2, 0.25) is 0 Å². The van der Waals surface area contributed by atoms with E-state index in [0.717, 1.165) is 6.07 Å². The second-order valence-corrected chi connectivity index (χ2v) is 4.90. The van der Waals surface area contributed by atoms with Gasteiger partial charge in [0.15, 0.2) is 5.75 Å². The van der Waals surface area contributed by atoms with Gasteiger partial charge >= 0.3 is 12.3 Å². The van der Waals surface area contributed by atoms with Crippen LogP contribution in [0.4, 0.5) is 13.2 Å². The highest BCUT2D eigenvalue weighted by atomic mass is 127. The Morgan fingerprint density at radius 1 is 1.53 bits per heavy atom. The summed E-state index contributed by atoms with van der Waals surface area (Å²) in [6, 6.07) is 1.15. The van der Waals surface area contributed by atoms with Gasteiger partial charge < -0.3 is 9.47 Å². The Hall–Kier alpha value is -0.580. The minimum absolute atomic E-state index is 0.104. The molecule has 0 bridgehead atoms. The van der Waals surface area contributed by atoms with E-state index in [1.807, 2.05) is 22.6 Å². The van der Waals surface area contributed by atoms with Crippen LogP contribution < -0.4 is 4.74 Å². The Bertz CT molecular complexity index is 482. The Morgan fingerprint density at radius 2 is 2.16 bits per heavy atom. The smallest absolute Gasteiger partial charge is 0.469 e. The number of hydrogen-bond donors (Lipinski definition) is 0. The molecule has 0 N–H and O–H groups in total. The van der Waals surface area contributed by atoms with Crippen molar-refractivity contribution in [3.05, 3.63) is 21.0 Å². The van der Waals surface area contributed by atoms with Gasteiger partial charge in [0.1, 0.15) is 3.70 Å². The number of rotatable bonds is 4. The highest BCUT2D eigenvalue weighted by molar-refractivity contribution is 14.1. The molecule has 1 aromatic rings. The molecule has 1 rings (SSSR count). The second kappa shape index (κ2) is 6.73. The zero-order chi connectivity index (χ0) is 14.6. The predicted molar refractivity (Wildman–Crippen MR) is 72.0 cm³/mol. The van der Waals surface area contributed by atoms with Crippen LogP contribution in [0.5, 0.6) is 5.75 Å². The fourth-order valence-electron chi connectivity index (χ4n) is 1.21. The number of methoxy groups -OCH3 is 1. The van der Waals surface area contributed by atoms with E-state index >= 15 is 0 Å². The summed E-state index contributed by atoms with van der Waals surface area (Å²) in [5.74, 6) is -0.993. The van der Waals surface area contributed by atoms with Crippen LogP contribution in [0.25, 0.3) is 0 Å². The second-order valence-electron chi connectivity index (χ2n) is 3.32. The number of ether oxygens (including phenoxy) is 2. The molecule has 19 heavy (non-hydrogen) atoms. The Morgan fingerprint density at radius 3 is 2.63 bits per heavy atom. The number of nitrogens with zero attached hydrogens (tertiary/aromatic N) is 1. The summed E-state index contributed by atoms with van der Waals surface area (Å²) < 4.78 is 45.6. The minimum atomic E-state index is -4.81. The maximum Gasteiger partial charge on any atom is 0.573 e. The van der Waals surface area contributed by atoms with Crippen LogP contribution >= 0.6 is 38.5 Å². The van der Waals surface area contributed by atoms with Gasteiger partial charge in [-0.1, -0.05) is 15.9 Å². The molecule has 0 amide bonds. The first-order valence-corrected chi connectivity index (χ1v) is 7.03. The van der Waals surface area contributed by atoms with Crippen molar-refractivity contribution < 1.29 is 27.4 Å². The minimum Gasteiger partial charge on any atom is -0.469 e. The standard InChI is InChI=1S/C10H8BrF3INO3/c1-18-8(17)3-5-2-7(19-10(12,13)14)6(4-11)16-9(5)15/h2H,3-4H2,1H3. The van der Waals surface area contributed by atoms with Crippen molar-refractivity contribution in [2.24, 2.45) is 0 Å². The first-order chi connectivity index (χ1) is 8.76. The largest absolute Gasteiger partial charge is 0.573 e. The van der Waals surface area contributed by atoms with E-state index in [-0.39, 0.29) is 17.4 Å². The van der Waals surface area contributed by atoms with E-state index < -0.39 is 18.1 Å². The monoisotopic (exact) mass is 453 g/mol. The average molecular weight is 454 g/mol. The summed E-state index contributed by atoms with van der Waals surface area (Å²) in [4.78, 5) is 15.1. The molecule has 0 aliphatic rings. The van der Waals surface area contributed by atoms with E-state index in [1.54, 1.807) is 0 Å². The van der Waals surface area contributed by atoms with Crippen molar-refractivity contribution in [1.82, 2.24) is 4.98 Å². The zero-order valence-electron chi connectivity index (χ0n) is 9.55. The maximum atomic E-state index is 12.3. The molecule has 0 aliphatic heterocycles. The molecule has 0 aliphatic carbocycles. The van der Waals surface area contributed by atoms with Crippen molar-refractivity contribution in [3.63, 3.8) is 0 Å². The molecule has 0 radical (unpaired) electrons. The number of carbonyl (C=O) groups is 1. The molecule has 0 atom stereocenters. The molecule has 0 unspecified atom stereocenters. The molecule has 0 aromatic carbocycles. The van der Waals surface area contributed by atoms with Crippen LogP contribution in [0.3, 0.4) is 0 Å². The lowest BCUT2D eigenvalue weighted by molar-refractivity contribution is -0.275. The van der Waals surface area contributed by atoms with Crippen LogP contribution in [-0.4, -0.2) is 24.4 Å². The lowest BCUT2D eigenvalue weighted by Crippen LogP contribution is -2.19. The fourth-order valence-corrected chi connectivity index (χ4v) is 2.25. The van der Waals surface area contributed by atoms with Gasteiger partial charge in [0.25, 0.3) is 0 Å². The summed E-state index contributed by atoms with van der Waals surface area (Å²) in [7, 11) is 1.20. The normalized spacial score (nSPS) is 11.3. The van der Waals surface area contributed by atoms with Gasteiger partial charge in [-0.05, 0) is 34.2 Å². The van der Waals surface area contributed by atoms with E-state index in [2.05, 4.69) is 30.4 Å². The van der Waals surface area contributed by atoms with Crippen molar-refractivity contribution in [2.45, 2.75) is 18.1 Å². The third-order valence-corrected chi connectivity index (χ3v) is 3.47. The molecule has 0 fully saturated rings. The molecule has 0 saturated carbocycles. The molecule has 1 aromatic heterocycles. The number of alkyl halides is 4. The molecule has 0 spiro atoms. The van der Waals surface area contributed by atoms with Crippen LogP contribution in [-0.2, 0) is 21.3 Å². The molecule has 4 nitrogen and oxygen atoms in total.